The molecule has 0 atom stereocenters. The molecule has 0 radical (unpaired) electrons. The predicted octanol–water partition coefficient (Wildman–Crippen LogP) is 1.23. The molecule has 1 fully saturated rings. The van der Waals surface area contributed by atoms with Gasteiger partial charge in [0.2, 0.25) is 5.91 Å². The van der Waals surface area contributed by atoms with Crippen LogP contribution in [0.2, 0.25) is 0 Å². The molecular weight excluding hydrogens is 232 g/mol. The highest BCUT2D eigenvalue weighted by molar-refractivity contribution is 5.80. The molecule has 0 aromatic rings. The molecular formula is C13H24N2O3. The quantitative estimate of drug-likeness (QED) is 0.750. The van der Waals surface area contributed by atoms with Gasteiger partial charge in [0.1, 0.15) is 0 Å². The molecule has 1 amide bonds. The van der Waals surface area contributed by atoms with Crippen molar-refractivity contribution >= 4 is 11.9 Å². The smallest absolute Gasteiger partial charge is 0.305 e. The zero-order valence-corrected chi connectivity index (χ0v) is 11.4. The second-order valence-corrected chi connectivity index (χ2v) is 5.09. The van der Waals surface area contributed by atoms with Crippen LogP contribution in [0.25, 0.3) is 0 Å². The number of amides is 1. The summed E-state index contributed by atoms with van der Waals surface area (Å²) in [6.45, 7) is 2.97. The van der Waals surface area contributed by atoms with Gasteiger partial charge in [-0.15, -0.1) is 0 Å². The first-order valence-electron chi connectivity index (χ1n) is 6.71. The van der Waals surface area contributed by atoms with Crippen LogP contribution in [-0.4, -0.2) is 47.6 Å². The van der Waals surface area contributed by atoms with E-state index in [1.165, 1.54) is 0 Å². The Bertz CT molecular complexity index is 299. The highest BCUT2D eigenvalue weighted by Gasteiger charge is 2.40. The summed E-state index contributed by atoms with van der Waals surface area (Å²) in [6, 6.07) is 0. The lowest BCUT2D eigenvalue weighted by Crippen LogP contribution is -2.54. The minimum Gasteiger partial charge on any atom is -0.481 e. The fourth-order valence-electron chi connectivity index (χ4n) is 2.74. The third kappa shape index (κ3) is 3.70. The van der Waals surface area contributed by atoms with Gasteiger partial charge >= 0.3 is 5.97 Å². The maximum Gasteiger partial charge on any atom is 0.305 e. The van der Waals surface area contributed by atoms with Gasteiger partial charge in [0.05, 0.1) is 18.5 Å². The molecule has 1 saturated carbocycles. The van der Waals surface area contributed by atoms with Gasteiger partial charge in [0.25, 0.3) is 0 Å². The van der Waals surface area contributed by atoms with Crippen LogP contribution in [0.4, 0.5) is 0 Å². The van der Waals surface area contributed by atoms with Gasteiger partial charge in [-0.2, -0.15) is 0 Å². The number of nitrogens with zero attached hydrogens (tertiary/aromatic N) is 1. The number of carboxylic acids is 1. The second kappa shape index (κ2) is 6.73. The Balaban J connectivity index is 2.74. The SMILES string of the molecule is CCNCC(=O)N(C)C1(CC(=O)O)CCCCC1. The molecule has 1 rings (SSSR count). The molecule has 0 bridgehead atoms. The molecule has 0 heterocycles. The largest absolute Gasteiger partial charge is 0.481 e. The van der Waals surface area contributed by atoms with Gasteiger partial charge in [0.15, 0.2) is 0 Å². The van der Waals surface area contributed by atoms with Gasteiger partial charge in [-0.05, 0) is 19.4 Å². The minimum absolute atomic E-state index is 0.0139. The van der Waals surface area contributed by atoms with Crippen molar-refractivity contribution in [2.45, 2.75) is 51.0 Å². The van der Waals surface area contributed by atoms with E-state index in [0.29, 0.717) is 0 Å². The average Bonchev–Trinajstić information content (AvgIpc) is 2.35. The zero-order chi connectivity index (χ0) is 13.6. The molecule has 2 N–H and O–H groups in total. The molecule has 0 aromatic heterocycles. The third-order valence-electron chi connectivity index (χ3n) is 3.88. The van der Waals surface area contributed by atoms with Crippen molar-refractivity contribution in [2.75, 3.05) is 20.1 Å². The van der Waals surface area contributed by atoms with Crippen LogP contribution in [0, 0.1) is 0 Å². The van der Waals surface area contributed by atoms with Crippen molar-refractivity contribution in [3.8, 4) is 0 Å². The Morgan fingerprint density at radius 2 is 1.89 bits per heavy atom. The van der Waals surface area contributed by atoms with Crippen LogP contribution in [-0.2, 0) is 9.59 Å². The molecule has 1 aliphatic carbocycles. The van der Waals surface area contributed by atoms with Crippen molar-refractivity contribution in [1.82, 2.24) is 10.2 Å². The molecule has 1 aliphatic rings. The Kier molecular flexibility index (Phi) is 5.59. The van der Waals surface area contributed by atoms with E-state index in [-0.39, 0.29) is 18.9 Å². The molecule has 5 nitrogen and oxygen atoms in total. The zero-order valence-electron chi connectivity index (χ0n) is 11.4. The fraction of sp³-hybridized carbons (Fsp3) is 0.846. The Labute approximate surface area is 109 Å². The summed E-state index contributed by atoms with van der Waals surface area (Å²) in [6.07, 6.45) is 4.80. The molecule has 0 unspecified atom stereocenters. The van der Waals surface area contributed by atoms with E-state index < -0.39 is 11.5 Å². The van der Waals surface area contributed by atoms with Crippen molar-refractivity contribution in [1.29, 1.82) is 0 Å². The second-order valence-electron chi connectivity index (χ2n) is 5.09. The first-order valence-corrected chi connectivity index (χ1v) is 6.71. The highest BCUT2D eigenvalue weighted by atomic mass is 16.4. The van der Waals surface area contributed by atoms with E-state index in [0.717, 1.165) is 38.6 Å². The number of hydrogen-bond donors (Lipinski definition) is 2. The number of carbonyl (C=O) groups excluding carboxylic acids is 1. The van der Waals surface area contributed by atoms with Crippen molar-refractivity contribution < 1.29 is 14.7 Å². The number of hydrogen-bond acceptors (Lipinski definition) is 3. The molecule has 0 aliphatic heterocycles. The van der Waals surface area contributed by atoms with E-state index in [1.807, 2.05) is 6.92 Å². The van der Waals surface area contributed by atoms with Crippen LogP contribution in [0.5, 0.6) is 0 Å². The number of rotatable bonds is 6. The number of nitrogens with one attached hydrogen (secondary N) is 1. The molecule has 0 aromatic carbocycles. The van der Waals surface area contributed by atoms with Crippen LogP contribution in [0.3, 0.4) is 0 Å². The lowest BCUT2D eigenvalue weighted by Gasteiger charge is -2.44. The van der Waals surface area contributed by atoms with E-state index in [4.69, 9.17) is 5.11 Å². The fourth-order valence-corrected chi connectivity index (χ4v) is 2.74. The predicted molar refractivity (Wildman–Crippen MR) is 69.4 cm³/mol. The van der Waals surface area contributed by atoms with Gasteiger partial charge in [-0.3, -0.25) is 9.59 Å². The maximum absolute atomic E-state index is 12.1. The lowest BCUT2D eigenvalue weighted by atomic mass is 9.78. The van der Waals surface area contributed by atoms with Crippen LogP contribution >= 0.6 is 0 Å². The van der Waals surface area contributed by atoms with Crippen LogP contribution < -0.4 is 5.32 Å². The Hall–Kier alpha value is -1.10. The highest BCUT2D eigenvalue weighted by Crippen LogP contribution is 2.35. The van der Waals surface area contributed by atoms with Gasteiger partial charge < -0.3 is 15.3 Å². The van der Waals surface area contributed by atoms with E-state index >= 15 is 0 Å². The van der Waals surface area contributed by atoms with E-state index in [1.54, 1.807) is 11.9 Å². The summed E-state index contributed by atoms with van der Waals surface area (Å²) in [5.74, 6) is -0.833. The van der Waals surface area contributed by atoms with Gasteiger partial charge in [-0.25, -0.2) is 0 Å². The summed E-state index contributed by atoms with van der Waals surface area (Å²) in [5, 5.41) is 12.1. The van der Waals surface area contributed by atoms with Gasteiger partial charge in [-0.1, -0.05) is 26.2 Å². The monoisotopic (exact) mass is 256 g/mol. The molecule has 104 valence electrons. The number of likely N-dealkylation sites (N-methyl/N-ethyl adjacent to an activating group) is 2. The summed E-state index contributed by atoms with van der Waals surface area (Å²) in [7, 11) is 1.74. The molecule has 18 heavy (non-hydrogen) atoms. The van der Waals surface area contributed by atoms with E-state index in [9.17, 15) is 9.59 Å². The molecule has 5 heteroatoms. The number of carbonyl (C=O) groups is 2. The first kappa shape index (κ1) is 15.0. The van der Waals surface area contributed by atoms with Gasteiger partial charge in [0, 0.05) is 7.05 Å². The van der Waals surface area contributed by atoms with Crippen molar-refractivity contribution in [3.05, 3.63) is 0 Å². The Morgan fingerprint density at radius 3 is 2.39 bits per heavy atom. The molecule has 0 saturated heterocycles. The minimum atomic E-state index is -0.819. The average molecular weight is 256 g/mol. The summed E-state index contributed by atoms with van der Waals surface area (Å²) < 4.78 is 0. The summed E-state index contributed by atoms with van der Waals surface area (Å²) >= 11 is 0. The normalized spacial score (nSPS) is 18.3. The number of aliphatic carboxylic acids is 1. The van der Waals surface area contributed by atoms with E-state index in [2.05, 4.69) is 5.32 Å². The number of carboxylic acid groups (broad SMARTS) is 1. The maximum atomic E-state index is 12.1. The van der Waals surface area contributed by atoms with Crippen LogP contribution in [0.15, 0.2) is 0 Å². The lowest BCUT2D eigenvalue weighted by molar-refractivity contribution is -0.145. The topological polar surface area (TPSA) is 69.6 Å². The first-order chi connectivity index (χ1) is 8.52. The molecule has 0 spiro atoms. The summed E-state index contributed by atoms with van der Waals surface area (Å²) in [4.78, 5) is 24.8. The summed E-state index contributed by atoms with van der Waals surface area (Å²) in [5.41, 5.74) is -0.476. The van der Waals surface area contributed by atoms with Crippen LogP contribution in [0.1, 0.15) is 45.4 Å². The Morgan fingerprint density at radius 1 is 1.28 bits per heavy atom. The van der Waals surface area contributed by atoms with Crippen molar-refractivity contribution in [2.24, 2.45) is 0 Å². The third-order valence-corrected chi connectivity index (χ3v) is 3.88. The van der Waals surface area contributed by atoms with Crippen molar-refractivity contribution in [3.63, 3.8) is 0 Å². The standard InChI is InChI=1S/C13H24N2O3/c1-3-14-10-11(16)15(2)13(9-12(17)18)7-5-4-6-8-13/h14H,3-10H2,1-2H3,(H,17,18).